The average Bonchev–Trinajstić information content (AvgIpc) is 2.42. The molecule has 0 radical (unpaired) electrons. The second-order valence-electron chi connectivity index (χ2n) is 5.55. The van der Waals surface area contributed by atoms with Gasteiger partial charge in [-0.25, -0.2) is 8.42 Å². The summed E-state index contributed by atoms with van der Waals surface area (Å²) >= 11 is 0. The van der Waals surface area contributed by atoms with Crippen LogP contribution < -0.4 is 0 Å². The Labute approximate surface area is 124 Å². The summed E-state index contributed by atoms with van der Waals surface area (Å²) in [4.78, 5) is 0. The highest BCUT2D eigenvalue weighted by atomic mass is 32.2. The van der Waals surface area contributed by atoms with E-state index >= 15 is 0 Å². The zero-order valence-corrected chi connectivity index (χ0v) is 13.5. The Balaban J connectivity index is 2.11. The second-order valence-corrected chi connectivity index (χ2v) is 7.74. The van der Waals surface area contributed by atoms with E-state index in [1.54, 1.807) is 0 Å². The fourth-order valence-corrected chi connectivity index (χ4v) is 3.84. The van der Waals surface area contributed by atoms with Gasteiger partial charge in [-0.05, 0) is 12.0 Å². The van der Waals surface area contributed by atoms with E-state index in [9.17, 15) is 8.42 Å². The van der Waals surface area contributed by atoms with E-state index in [0.717, 1.165) is 18.4 Å². The van der Waals surface area contributed by atoms with Crippen molar-refractivity contribution >= 4 is 9.84 Å². The minimum Gasteiger partial charge on any atom is -0.228 e. The summed E-state index contributed by atoms with van der Waals surface area (Å²) in [5.74, 6) is 0.515. The molecule has 0 spiro atoms. The fourth-order valence-electron chi connectivity index (χ4n) is 2.36. The van der Waals surface area contributed by atoms with Gasteiger partial charge in [0.05, 0.1) is 11.5 Å². The normalized spacial score (nSPS) is 11.7. The van der Waals surface area contributed by atoms with Gasteiger partial charge >= 0.3 is 0 Å². The van der Waals surface area contributed by atoms with Crippen LogP contribution in [0, 0.1) is 0 Å². The van der Waals surface area contributed by atoms with Gasteiger partial charge in [-0.1, -0.05) is 82.2 Å². The van der Waals surface area contributed by atoms with Crippen molar-refractivity contribution in [1.82, 2.24) is 0 Å². The van der Waals surface area contributed by atoms with Crippen molar-refractivity contribution in [2.45, 2.75) is 64.0 Å². The smallest absolute Gasteiger partial charge is 0.154 e. The van der Waals surface area contributed by atoms with E-state index in [1.807, 2.05) is 30.3 Å². The van der Waals surface area contributed by atoms with Crippen LogP contribution in [0.25, 0.3) is 0 Å². The highest BCUT2D eigenvalue weighted by Crippen LogP contribution is 2.11. The lowest BCUT2D eigenvalue weighted by molar-refractivity contribution is 0.572. The second kappa shape index (κ2) is 9.98. The predicted molar refractivity (Wildman–Crippen MR) is 86.5 cm³/mol. The highest BCUT2D eigenvalue weighted by Gasteiger charge is 2.11. The summed E-state index contributed by atoms with van der Waals surface area (Å²) in [6, 6.07) is 9.45. The van der Waals surface area contributed by atoms with E-state index in [0.29, 0.717) is 5.75 Å². The van der Waals surface area contributed by atoms with E-state index < -0.39 is 9.84 Å². The molecule has 0 fully saturated rings. The maximum absolute atomic E-state index is 12.0. The SMILES string of the molecule is CCCCCCCCCCS(=O)(=O)Cc1ccccc1. The van der Waals surface area contributed by atoms with Gasteiger partial charge in [-0.15, -0.1) is 0 Å². The zero-order valence-electron chi connectivity index (χ0n) is 12.7. The van der Waals surface area contributed by atoms with Crippen molar-refractivity contribution in [2.75, 3.05) is 5.75 Å². The Morgan fingerprint density at radius 3 is 1.95 bits per heavy atom. The molecule has 0 aliphatic heterocycles. The maximum Gasteiger partial charge on any atom is 0.154 e. The lowest BCUT2D eigenvalue weighted by atomic mass is 10.1. The highest BCUT2D eigenvalue weighted by molar-refractivity contribution is 7.90. The van der Waals surface area contributed by atoms with Crippen LogP contribution in [-0.2, 0) is 15.6 Å². The standard InChI is InChI=1S/C17H28O2S/c1-2-3-4-5-6-7-8-12-15-20(18,19)16-17-13-10-9-11-14-17/h9-11,13-14H,2-8,12,15-16H2,1H3. The Hall–Kier alpha value is -0.830. The summed E-state index contributed by atoms with van der Waals surface area (Å²) in [6.07, 6.45) is 9.49. The van der Waals surface area contributed by atoms with Crippen LogP contribution in [0.1, 0.15) is 63.9 Å². The molecule has 0 saturated heterocycles. The Bertz CT molecular complexity index is 437. The van der Waals surface area contributed by atoms with Gasteiger partial charge in [-0.2, -0.15) is 0 Å². The summed E-state index contributed by atoms with van der Waals surface area (Å²) in [5, 5.41) is 0. The van der Waals surface area contributed by atoms with Crippen molar-refractivity contribution in [3.8, 4) is 0 Å². The molecule has 1 aromatic carbocycles. The van der Waals surface area contributed by atoms with Crippen LogP contribution >= 0.6 is 0 Å². The zero-order chi connectivity index (χ0) is 14.7. The van der Waals surface area contributed by atoms with E-state index in [-0.39, 0.29) is 5.75 Å². The van der Waals surface area contributed by atoms with Gasteiger partial charge in [0.1, 0.15) is 0 Å². The molecule has 2 nitrogen and oxygen atoms in total. The molecule has 0 atom stereocenters. The molecule has 114 valence electrons. The molecule has 0 saturated carbocycles. The molecular formula is C17H28O2S. The summed E-state index contributed by atoms with van der Waals surface area (Å²) in [5.41, 5.74) is 0.895. The largest absolute Gasteiger partial charge is 0.228 e. The molecule has 0 aromatic heterocycles. The minimum absolute atomic E-state index is 0.185. The Morgan fingerprint density at radius 1 is 0.800 bits per heavy atom. The number of sulfone groups is 1. The first kappa shape index (κ1) is 17.2. The van der Waals surface area contributed by atoms with E-state index in [1.165, 1.54) is 38.5 Å². The molecule has 0 N–H and O–H groups in total. The minimum atomic E-state index is -2.94. The molecule has 1 rings (SSSR count). The molecule has 0 bridgehead atoms. The number of unbranched alkanes of at least 4 members (excludes halogenated alkanes) is 7. The van der Waals surface area contributed by atoms with Crippen molar-refractivity contribution in [3.05, 3.63) is 35.9 Å². The lowest BCUT2D eigenvalue weighted by Crippen LogP contribution is -2.09. The van der Waals surface area contributed by atoms with Crippen LogP contribution in [0.4, 0.5) is 0 Å². The molecule has 0 amide bonds. The monoisotopic (exact) mass is 296 g/mol. The summed E-state index contributed by atoms with van der Waals surface area (Å²) < 4.78 is 23.9. The van der Waals surface area contributed by atoms with Crippen LogP contribution in [0.3, 0.4) is 0 Å². The molecule has 0 aliphatic rings. The van der Waals surface area contributed by atoms with Crippen molar-refractivity contribution in [2.24, 2.45) is 0 Å². The molecule has 0 aliphatic carbocycles. The third-order valence-corrected chi connectivity index (χ3v) is 5.22. The number of rotatable bonds is 11. The van der Waals surface area contributed by atoms with Gasteiger partial charge in [0.2, 0.25) is 0 Å². The Kier molecular flexibility index (Phi) is 8.59. The first-order valence-corrected chi connectivity index (χ1v) is 9.70. The van der Waals surface area contributed by atoms with Gasteiger partial charge < -0.3 is 0 Å². The van der Waals surface area contributed by atoms with Crippen LogP contribution in [0.5, 0.6) is 0 Å². The molecule has 0 heterocycles. The van der Waals surface area contributed by atoms with Crippen molar-refractivity contribution in [3.63, 3.8) is 0 Å². The number of benzene rings is 1. The van der Waals surface area contributed by atoms with E-state index in [2.05, 4.69) is 6.92 Å². The van der Waals surface area contributed by atoms with Crippen molar-refractivity contribution < 1.29 is 8.42 Å². The third kappa shape index (κ3) is 8.36. The first-order valence-electron chi connectivity index (χ1n) is 7.88. The number of hydrogen-bond acceptors (Lipinski definition) is 2. The van der Waals surface area contributed by atoms with Gasteiger partial charge in [0.15, 0.2) is 9.84 Å². The third-order valence-electron chi connectivity index (χ3n) is 3.54. The number of hydrogen-bond donors (Lipinski definition) is 0. The van der Waals surface area contributed by atoms with Crippen LogP contribution in [0.2, 0.25) is 0 Å². The fraction of sp³-hybridized carbons (Fsp3) is 0.647. The molecule has 20 heavy (non-hydrogen) atoms. The maximum atomic E-state index is 12.0. The van der Waals surface area contributed by atoms with Gasteiger partial charge in [-0.3, -0.25) is 0 Å². The van der Waals surface area contributed by atoms with Crippen molar-refractivity contribution in [1.29, 1.82) is 0 Å². The molecular weight excluding hydrogens is 268 g/mol. The summed E-state index contributed by atoms with van der Waals surface area (Å²) in [7, 11) is -2.94. The Morgan fingerprint density at radius 2 is 1.35 bits per heavy atom. The van der Waals surface area contributed by atoms with Crippen LogP contribution in [0.15, 0.2) is 30.3 Å². The average molecular weight is 296 g/mol. The molecule has 3 heteroatoms. The predicted octanol–water partition coefficient (Wildman–Crippen LogP) is 4.74. The molecule has 1 aromatic rings. The topological polar surface area (TPSA) is 34.1 Å². The van der Waals surface area contributed by atoms with Gasteiger partial charge in [0, 0.05) is 0 Å². The van der Waals surface area contributed by atoms with E-state index in [4.69, 9.17) is 0 Å². The molecule has 0 unspecified atom stereocenters. The first-order chi connectivity index (χ1) is 9.64. The quantitative estimate of drug-likeness (QED) is 0.553. The summed E-state index contributed by atoms with van der Waals surface area (Å²) in [6.45, 7) is 2.22. The lowest BCUT2D eigenvalue weighted by Gasteiger charge is -2.05. The van der Waals surface area contributed by atoms with Crippen LogP contribution in [-0.4, -0.2) is 14.2 Å². The van der Waals surface area contributed by atoms with Gasteiger partial charge in [0.25, 0.3) is 0 Å².